The third kappa shape index (κ3) is 3.38. The first-order chi connectivity index (χ1) is 9.65. The first kappa shape index (κ1) is 15.0. The van der Waals surface area contributed by atoms with Crippen LogP contribution in [0.2, 0.25) is 0 Å². The topological polar surface area (TPSA) is 24.5 Å². The number of benzene rings is 1. The molecule has 3 nitrogen and oxygen atoms in total. The molecular formula is C16H23FN2O. The highest BCUT2D eigenvalue weighted by Gasteiger charge is 2.18. The first-order valence-electron chi connectivity index (χ1n) is 7.04. The molecule has 1 aromatic carbocycles. The molecule has 1 N–H and O–H groups in total. The summed E-state index contributed by atoms with van der Waals surface area (Å²) < 4.78 is 18.7. The molecule has 20 heavy (non-hydrogen) atoms. The lowest BCUT2D eigenvalue weighted by Gasteiger charge is -2.31. The lowest BCUT2D eigenvalue weighted by atomic mass is 10.0. The van der Waals surface area contributed by atoms with E-state index in [4.69, 9.17) is 4.74 Å². The number of nitrogens with one attached hydrogen (secondary N) is 1. The van der Waals surface area contributed by atoms with Gasteiger partial charge in [-0.1, -0.05) is 6.08 Å². The van der Waals surface area contributed by atoms with Gasteiger partial charge in [0, 0.05) is 31.9 Å². The Labute approximate surface area is 120 Å². The van der Waals surface area contributed by atoms with E-state index in [2.05, 4.69) is 23.2 Å². The number of methoxy groups -OCH3 is 1. The van der Waals surface area contributed by atoms with Crippen LogP contribution in [0.1, 0.15) is 24.9 Å². The van der Waals surface area contributed by atoms with E-state index in [0.29, 0.717) is 6.61 Å². The number of anilines is 1. The minimum atomic E-state index is -0.182. The lowest BCUT2D eigenvalue weighted by Crippen LogP contribution is -2.31. The molecule has 1 aliphatic heterocycles. The molecule has 1 atom stereocenters. The number of rotatable bonds is 5. The van der Waals surface area contributed by atoms with E-state index >= 15 is 0 Å². The maximum atomic E-state index is 13.5. The van der Waals surface area contributed by atoms with E-state index in [1.165, 1.54) is 11.6 Å². The van der Waals surface area contributed by atoms with Crippen LogP contribution in [0.4, 0.5) is 10.1 Å². The largest absolute Gasteiger partial charge is 0.380 e. The van der Waals surface area contributed by atoms with Crippen molar-refractivity contribution in [3.63, 3.8) is 0 Å². The van der Waals surface area contributed by atoms with Crippen molar-refractivity contribution in [1.82, 2.24) is 5.32 Å². The quantitative estimate of drug-likeness (QED) is 0.838. The number of halogens is 1. The molecule has 0 bridgehead atoms. The van der Waals surface area contributed by atoms with Crippen LogP contribution in [0.15, 0.2) is 29.8 Å². The summed E-state index contributed by atoms with van der Waals surface area (Å²) in [4.78, 5) is 2.29. The van der Waals surface area contributed by atoms with Gasteiger partial charge in [0.05, 0.1) is 6.61 Å². The van der Waals surface area contributed by atoms with E-state index < -0.39 is 0 Å². The minimum Gasteiger partial charge on any atom is -0.380 e. The van der Waals surface area contributed by atoms with Crippen LogP contribution < -0.4 is 10.2 Å². The second-order valence-corrected chi connectivity index (χ2v) is 5.20. The second-order valence-electron chi connectivity index (χ2n) is 5.20. The summed E-state index contributed by atoms with van der Waals surface area (Å²) in [6.07, 6.45) is 3.21. The zero-order chi connectivity index (χ0) is 14.5. The van der Waals surface area contributed by atoms with Crippen LogP contribution in [-0.2, 0) is 4.74 Å². The summed E-state index contributed by atoms with van der Waals surface area (Å²) in [5.41, 5.74) is 3.46. The Morgan fingerprint density at radius 2 is 2.25 bits per heavy atom. The van der Waals surface area contributed by atoms with Gasteiger partial charge in [-0.3, -0.25) is 0 Å². The Balaban J connectivity index is 2.21. The van der Waals surface area contributed by atoms with E-state index in [-0.39, 0.29) is 11.9 Å². The van der Waals surface area contributed by atoms with Gasteiger partial charge in [0.15, 0.2) is 0 Å². The van der Waals surface area contributed by atoms with E-state index in [1.54, 1.807) is 13.2 Å². The third-order valence-corrected chi connectivity index (χ3v) is 3.86. The Morgan fingerprint density at radius 3 is 2.85 bits per heavy atom. The van der Waals surface area contributed by atoms with Crippen LogP contribution >= 0.6 is 0 Å². The van der Waals surface area contributed by atoms with Crippen LogP contribution in [0, 0.1) is 5.82 Å². The Bertz CT molecular complexity index is 487. The molecule has 0 radical (unpaired) electrons. The number of nitrogens with zero attached hydrogens (tertiary/aromatic N) is 1. The maximum Gasteiger partial charge on any atom is 0.123 e. The van der Waals surface area contributed by atoms with Crippen LogP contribution in [0.3, 0.4) is 0 Å². The van der Waals surface area contributed by atoms with Crippen molar-refractivity contribution in [3.8, 4) is 0 Å². The number of hydrogen-bond acceptors (Lipinski definition) is 3. The zero-order valence-electron chi connectivity index (χ0n) is 12.4. The van der Waals surface area contributed by atoms with Gasteiger partial charge in [-0.2, -0.15) is 0 Å². The second kappa shape index (κ2) is 6.86. The maximum absolute atomic E-state index is 13.5. The van der Waals surface area contributed by atoms with E-state index in [1.807, 2.05) is 13.1 Å². The monoisotopic (exact) mass is 278 g/mol. The Hall–Kier alpha value is -1.39. The van der Waals surface area contributed by atoms with E-state index in [0.717, 1.165) is 30.8 Å². The van der Waals surface area contributed by atoms with Gasteiger partial charge < -0.3 is 15.0 Å². The molecule has 4 heteroatoms. The molecule has 110 valence electrons. The van der Waals surface area contributed by atoms with Gasteiger partial charge in [-0.05, 0) is 49.7 Å². The summed E-state index contributed by atoms with van der Waals surface area (Å²) in [6, 6.07) is 5.18. The molecule has 0 saturated heterocycles. The normalized spacial score (nSPS) is 17.0. The summed E-state index contributed by atoms with van der Waals surface area (Å²) in [5.74, 6) is -0.182. The van der Waals surface area contributed by atoms with Gasteiger partial charge in [0.2, 0.25) is 0 Å². The molecule has 0 fully saturated rings. The minimum absolute atomic E-state index is 0.130. The van der Waals surface area contributed by atoms with E-state index in [9.17, 15) is 4.39 Å². The van der Waals surface area contributed by atoms with Gasteiger partial charge in [0.25, 0.3) is 0 Å². The standard InChI is InChI=1S/C16H23FN2O/c1-12(18-2)15-10-14(17)4-5-16(15)19-8-6-13(7-9-19)11-20-3/h4-6,10,12,18H,7-9,11H2,1-3H3. The molecule has 1 aromatic rings. The highest BCUT2D eigenvalue weighted by molar-refractivity contribution is 5.56. The van der Waals surface area contributed by atoms with Gasteiger partial charge in [-0.25, -0.2) is 4.39 Å². The Morgan fingerprint density at radius 1 is 1.45 bits per heavy atom. The molecule has 1 unspecified atom stereocenters. The molecule has 0 aromatic heterocycles. The van der Waals surface area contributed by atoms with Crippen molar-refractivity contribution in [3.05, 3.63) is 41.2 Å². The first-order valence-corrected chi connectivity index (χ1v) is 7.04. The number of hydrogen-bond donors (Lipinski definition) is 1. The molecule has 0 spiro atoms. The SMILES string of the molecule is CNC(C)c1cc(F)ccc1N1CC=C(COC)CC1. The highest BCUT2D eigenvalue weighted by atomic mass is 19.1. The average Bonchev–Trinajstić information content (AvgIpc) is 2.47. The molecule has 0 amide bonds. The summed E-state index contributed by atoms with van der Waals surface area (Å²) in [6.45, 7) is 4.56. The van der Waals surface area contributed by atoms with Crippen LogP contribution in [0.25, 0.3) is 0 Å². The fraction of sp³-hybridized carbons (Fsp3) is 0.500. The van der Waals surface area contributed by atoms with Crippen LogP contribution in [-0.4, -0.2) is 33.9 Å². The molecule has 1 heterocycles. The molecule has 0 aliphatic carbocycles. The molecule has 0 saturated carbocycles. The Kier molecular flexibility index (Phi) is 5.15. The number of ether oxygens (including phenoxy) is 1. The smallest absolute Gasteiger partial charge is 0.123 e. The van der Waals surface area contributed by atoms with Gasteiger partial charge in [-0.15, -0.1) is 0 Å². The third-order valence-electron chi connectivity index (χ3n) is 3.86. The average molecular weight is 278 g/mol. The summed E-state index contributed by atoms with van der Waals surface area (Å²) >= 11 is 0. The van der Waals surface area contributed by atoms with Crippen molar-refractivity contribution < 1.29 is 9.13 Å². The van der Waals surface area contributed by atoms with Crippen molar-refractivity contribution in [2.45, 2.75) is 19.4 Å². The fourth-order valence-electron chi connectivity index (χ4n) is 2.56. The molecule has 2 rings (SSSR count). The summed E-state index contributed by atoms with van der Waals surface area (Å²) in [7, 11) is 3.62. The predicted octanol–water partition coefficient (Wildman–Crippen LogP) is 2.89. The van der Waals surface area contributed by atoms with Gasteiger partial charge in [0.1, 0.15) is 5.82 Å². The fourth-order valence-corrected chi connectivity index (χ4v) is 2.56. The van der Waals surface area contributed by atoms with Crippen molar-refractivity contribution in [2.75, 3.05) is 38.8 Å². The van der Waals surface area contributed by atoms with Crippen molar-refractivity contribution >= 4 is 5.69 Å². The van der Waals surface area contributed by atoms with Crippen LogP contribution in [0.5, 0.6) is 0 Å². The highest BCUT2D eigenvalue weighted by Crippen LogP contribution is 2.29. The predicted molar refractivity (Wildman–Crippen MR) is 80.7 cm³/mol. The zero-order valence-corrected chi connectivity index (χ0v) is 12.4. The van der Waals surface area contributed by atoms with Crippen molar-refractivity contribution in [2.24, 2.45) is 0 Å². The lowest BCUT2D eigenvalue weighted by molar-refractivity contribution is 0.222. The summed E-state index contributed by atoms with van der Waals surface area (Å²) in [5, 5.41) is 3.19. The van der Waals surface area contributed by atoms with Crippen molar-refractivity contribution in [1.29, 1.82) is 0 Å². The molecular weight excluding hydrogens is 255 g/mol. The molecule has 1 aliphatic rings. The van der Waals surface area contributed by atoms with Gasteiger partial charge >= 0.3 is 0 Å².